The molecule has 1 aromatic rings. The van der Waals surface area contributed by atoms with E-state index >= 15 is 0 Å². The van der Waals surface area contributed by atoms with E-state index in [1.54, 1.807) is 16.7 Å². The number of nitrogens with one attached hydrogen (secondary N) is 1. The summed E-state index contributed by atoms with van der Waals surface area (Å²) in [6.07, 6.45) is -0.449. The van der Waals surface area contributed by atoms with Crippen LogP contribution in [0.1, 0.15) is 31.7 Å². The highest BCUT2D eigenvalue weighted by Crippen LogP contribution is 2.43. The van der Waals surface area contributed by atoms with Gasteiger partial charge in [-0.25, -0.2) is 4.79 Å². The number of ether oxygens (including phenoxy) is 1. The number of quaternary nitrogens is 1. The summed E-state index contributed by atoms with van der Waals surface area (Å²) in [5.41, 5.74) is 0.318. The molecule has 1 aromatic carbocycles. The summed E-state index contributed by atoms with van der Waals surface area (Å²) in [5, 5.41) is 0.377. The molecule has 3 rings (SSSR count). The molecule has 0 saturated carbocycles. The number of halogens is 1. The third-order valence-corrected chi connectivity index (χ3v) is 6.55. The largest absolute Gasteiger partial charge is 0.444 e. The van der Waals surface area contributed by atoms with E-state index in [1.165, 1.54) is 4.90 Å². The molecule has 2 fully saturated rings. The van der Waals surface area contributed by atoms with Crippen LogP contribution in [0.5, 0.6) is 0 Å². The van der Waals surface area contributed by atoms with Gasteiger partial charge >= 0.3 is 6.09 Å². The summed E-state index contributed by atoms with van der Waals surface area (Å²) >= 11 is 7.62. The van der Waals surface area contributed by atoms with Crippen molar-refractivity contribution in [3.63, 3.8) is 0 Å². The van der Waals surface area contributed by atoms with Crippen LogP contribution >= 0.6 is 23.4 Å². The maximum atomic E-state index is 13.3. The van der Waals surface area contributed by atoms with Gasteiger partial charge in [-0.1, -0.05) is 23.7 Å². The number of likely N-dealkylation sites (N-methyl/N-ethyl adjacent to an activating group) is 1. The monoisotopic (exact) mass is 426 g/mol. The van der Waals surface area contributed by atoms with Gasteiger partial charge in [-0.3, -0.25) is 9.69 Å². The van der Waals surface area contributed by atoms with Crippen molar-refractivity contribution in [2.24, 2.45) is 0 Å². The lowest BCUT2D eigenvalue weighted by Gasteiger charge is -2.36. The van der Waals surface area contributed by atoms with Crippen LogP contribution in [0.2, 0.25) is 5.02 Å². The van der Waals surface area contributed by atoms with Gasteiger partial charge < -0.3 is 14.5 Å². The Labute approximate surface area is 176 Å². The number of piperazine rings is 1. The fourth-order valence-electron chi connectivity index (χ4n) is 3.44. The topological polar surface area (TPSA) is 54.3 Å². The number of hydrogen-bond donors (Lipinski definition) is 1. The summed E-state index contributed by atoms with van der Waals surface area (Å²) in [5.74, 6) is 0.576. The average molecular weight is 427 g/mol. The fourth-order valence-corrected chi connectivity index (χ4v) is 4.97. The standard InChI is InChI=1S/C20H28ClN3O3S/c1-20(2,3)27-19(26)24-16(17(25)23-11-9-22(4)10-12-23)13-28-18(24)14-5-7-15(21)8-6-14/h5-8,16,18H,9-13H2,1-4H3/p+1/t16-,18-/m1/s1. The first-order valence-electron chi connectivity index (χ1n) is 9.64. The average Bonchev–Trinajstić information content (AvgIpc) is 3.06. The smallest absolute Gasteiger partial charge is 0.412 e. The van der Waals surface area contributed by atoms with E-state index in [0.29, 0.717) is 10.8 Å². The minimum atomic E-state index is -0.625. The van der Waals surface area contributed by atoms with Crippen molar-refractivity contribution in [3.05, 3.63) is 34.9 Å². The lowest BCUT2D eigenvalue weighted by atomic mass is 10.1. The predicted molar refractivity (Wildman–Crippen MR) is 112 cm³/mol. The second kappa shape index (κ2) is 8.51. The van der Waals surface area contributed by atoms with Crippen molar-refractivity contribution in [3.8, 4) is 0 Å². The summed E-state index contributed by atoms with van der Waals surface area (Å²) in [4.78, 5) is 31.2. The Bertz CT molecular complexity index is 714. The summed E-state index contributed by atoms with van der Waals surface area (Å²) < 4.78 is 5.65. The molecule has 1 N–H and O–H groups in total. The van der Waals surface area contributed by atoms with Crippen LogP contribution < -0.4 is 4.90 Å². The Morgan fingerprint density at radius 2 is 1.79 bits per heavy atom. The minimum absolute atomic E-state index is 0.0160. The van der Waals surface area contributed by atoms with E-state index in [1.807, 2.05) is 49.9 Å². The molecule has 2 atom stereocenters. The van der Waals surface area contributed by atoms with E-state index in [-0.39, 0.29) is 11.3 Å². The van der Waals surface area contributed by atoms with Crippen molar-refractivity contribution in [2.45, 2.75) is 37.8 Å². The Kier molecular flexibility index (Phi) is 6.47. The molecule has 154 valence electrons. The first-order chi connectivity index (χ1) is 13.2. The van der Waals surface area contributed by atoms with Crippen LogP contribution in [-0.2, 0) is 9.53 Å². The molecule has 0 radical (unpaired) electrons. The van der Waals surface area contributed by atoms with Crippen LogP contribution in [0.4, 0.5) is 4.79 Å². The number of thioether (sulfide) groups is 1. The lowest BCUT2D eigenvalue weighted by Crippen LogP contribution is -3.12. The van der Waals surface area contributed by atoms with Crippen LogP contribution in [0.3, 0.4) is 0 Å². The SMILES string of the molecule is C[NH+]1CCN(C(=O)[C@H]2CS[C@H](c3ccc(Cl)cc3)N2C(=O)OC(C)(C)C)CC1. The highest BCUT2D eigenvalue weighted by atomic mass is 35.5. The van der Waals surface area contributed by atoms with Crippen molar-refractivity contribution in [1.82, 2.24) is 9.80 Å². The van der Waals surface area contributed by atoms with Gasteiger partial charge in [0.15, 0.2) is 0 Å². The molecule has 2 amide bonds. The van der Waals surface area contributed by atoms with Gasteiger partial charge in [-0.2, -0.15) is 0 Å². The molecule has 6 nitrogen and oxygen atoms in total. The van der Waals surface area contributed by atoms with Gasteiger partial charge in [0.2, 0.25) is 5.91 Å². The second-order valence-electron chi connectivity index (χ2n) is 8.42. The Hall–Kier alpha value is -1.44. The molecule has 0 spiro atoms. The molecule has 0 bridgehead atoms. The molecule has 0 aliphatic carbocycles. The summed E-state index contributed by atoms with van der Waals surface area (Å²) in [6.45, 7) is 8.82. The van der Waals surface area contributed by atoms with Crippen LogP contribution in [-0.4, -0.2) is 72.4 Å². The predicted octanol–water partition coefficient (Wildman–Crippen LogP) is 2.05. The molecule has 0 aromatic heterocycles. The molecule has 2 aliphatic rings. The highest BCUT2D eigenvalue weighted by Gasteiger charge is 2.46. The molecule has 2 saturated heterocycles. The van der Waals surface area contributed by atoms with Gasteiger partial charge in [0, 0.05) is 10.8 Å². The zero-order valence-corrected chi connectivity index (χ0v) is 18.5. The summed E-state index contributed by atoms with van der Waals surface area (Å²) in [6, 6.07) is 6.91. The second-order valence-corrected chi connectivity index (χ2v) is 9.97. The molecular weight excluding hydrogens is 398 g/mol. The zero-order chi connectivity index (χ0) is 20.5. The Balaban J connectivity index is 1.84. The number of nitrogens with zero attached hydrogens (tertiary/aromatic N) is 2. The van der Waals surface area contributed by atoms with Gasteiger partial charge in [-0.05, 0) is 38.5 Å². The highest BCUT2D eigenvalue weighted by molar-refractivity contribution is 7.99. The first kappa shape index (κ1) is 21.3. The molecule has 2 heterocycles. The Morgan fingerprint density at radius 1 is 1.18 bits per heavy atom. The number of rotatable bonds is 2. The molecule has 2 aliphatic heterocycles. The molecule has 8 heteroatoms. The molecule has 0 unspecified atom stereocenters. The number of carbonyl (C=O) groups is 2. The van der Waals surface area contributed by atoms with Gasteiger partial charge in [0.05, 0.1) is 33.2 Å². The van der Waals surface area contributed by atoms with Gasteiger partial charge in [-0.15, -0.1) is 11.8 Å². The van der Waals surface area contributed by atoms with E-state index in [2.05, 4.69) is 7.05 Å². The number of carbonyl (C=O) groups excluding carboxylic acids is 2. The molecule has 28 heavy (non-hydrogen) atoms. The van der Waals surface area contributed by atoms with Crippen molar-refractivity contribution in [1.29, 1.82) is 0 Å². The normalized spacial score (nSPS) is 23.8. The molecular formula is C20H29ClN3O3S+. The van der Waals surface area contributed by atoms with Gasteiger partial charge in [0.1, 0.15) is 17.0 Å². The van der Waals surface area contributed by atoms with Crippen molar-refractivity contribution < 1.29 is 19.2 Å². The van der Waals surface area contributed by atoms with Crippen molar-refractivity contribution in [2.75, 3.05) is 39.0 Å². The van der Waals surface area contributed by atoms with E-state index < -0.39 is 17.7 Å². The maximum absolute atomic E-state index is 13.3. The van der Waals surface area contributed by atoms with Crippen LogP contribution in [0.25, 0.3) is 0 Å². The summed E-state index contributed by atoms with van der Waals surface area (Å²) in [7, 11) is 2.14. The lowest BCUT2D eigenvalue weighted by molar-refractivity contribution is -0.883. The Morgan fingerprint density at radius 3 is 2.36 bits per heavy atom. The third-order valence-electron chi connectivity index (χ3n) is 4.97. The van der Waals surface area contributed by atoms with E-state index in [0.717, 1.165) is 31.7 Å². The first-order valence-corrected chi connectivity index (χ1v) is 11.1. The number of amides is 2. The van der Waals surface area contributed by atoms with Crippen LogP contribution in [0.15, 0.2) is 24.3 Å². The fraction of sp³-hybridized carbons (Fsp3) is 0.600. The quantitative estimate of drug-likeness (QED) is 0.786. The van der Waals surface area contributed by atoms with E-state index in [9.17, 15) is 9.59 Å². The van der Waals surface area contributed by atoms with Crippen LogP contribution in [0, 0.1) is 0 Å². The van der Waals surface area contributed by atoms with Crippen molar-refractivity contribution >= 4 is 35.4 Å². The minimum Gasteiger partial charge on any atom is -0.444 e. The van der Waals surface area contributed by atoms with E-state index in [4.69, 9.17) is 16.3 Å². The maximum Gasteiger partial charge on any atom is 0.412 e. The third kappa shape index (κ3) is 4.93. The zero-order valence-electron chi connectivity index (χ0n) is 16.9. The number of benzene rings is 1. The van der Waals surface area contributed by atoms with Gasteiger partial charge in [0.25, 0.3) is 0 Å². The number of hydrogen-bond acceptors (Lipinski definition) is 4.